The number of aliphatic hydroxyl groups excluding tert-OH is 1. The summed E-state index contributed by atoms with van der Waals surface area (Å²) in [5.41, 5.74) is 1.62. The third kappa shape index (κ3) is 5.64. The summed E-state index contributed by atoms with van der Waals surface area (Å²) >= 11 is 6.20. The van der Waals surface area contributed by atoms with Gasteiger partial charge in [-0.25, -0.2) is 8.42 Å². The first kappa shape index (κ1) is 26.0. The lowest BCUT2D eigenvalue weighted by molar-refractivity contribution is -0.00510. The molecule has 0 unspecified atom stereocenters. The highest BCUT2D eigenvalue weighted by molar-refractivity contribution is 7.93. The van der Waals surface area contributed by atoms with Gasteiger partial charge in [0.05, 0.1) is 23.6 Å². The molecular weight excluding hydrogens is 526 g/mol. The predicted molar refractivity (Wildman–Crippen MR) is 135 cm³/mol. The van der Waals surface area contributed by atoms with Crippen molar-refractivity contribution >= 4 is 27.3 Å². The second kappa shape index (κ2) is 10.6. The number of likely N-dealkylation sites (tertiary alicyclic amines) is 1. The van der Waals surface area contributed by atoms with Gasteiger partial charge in [-0.1, -0.05) is 29.8 Å². The molecule has 1 N–H and O–H groups in total. The van der Waals surface area contributed by atoms with Gasteiger partial charge in [0.1, 0.15) is 0 Å². The van der Waals surface area contributed by atoms with E-state index in [2.05, 4.69) is 15.1 Å². The molecule has 2 aliphatic rings. The number of halogens is 3. The monoisotopic (exact) mass is 552 g/mol. The van der Waals surface area contributed by atoms with E-state index >= 15 is 0 Å². The van der Waals surface area contributed by atoms with Crippen LogP contribution in [-0.2, 0) is 16.6 Å². The van der Waals surface area contributed by atoms with E-state index in [1.807, 2.05) is 0 Å². The van der Waals surface area contributed by atoms with E-state index < -0.39 is 27.6 Å². The van der Waals surface area contributed by atoms with Gasteiger partial charge in [-0.15, -0.1) is 10.2 Å². The van der Waals surface area contributed by atoms with E-state index in [1.165, 1.54) is 4.31 Å². The van der Waals surface area contributed by atoms with Crippen molar-refractivity contribution in [2.45, 2.75) is 56.0 Å². The van der Waals surface area contributed by atoms with Crippen LogP contribution >= 0.6 is 11.6 Å². The first-order chi connectivity index (χ1) is 17.7. The highest BCUT2D eigenvalue weighted by atomic mass is 35.5. The fourth-order valence-corrected chi connectivity index (χ4v) is 6.98. The first-order valence-electron chi connectivity index (χ1n) is 12.1. The molecule has 1 aliphatic carbocycles. The number of aliphatic hydroxyl groups is 1. The van der Waals surface area contributed by atoms with Crippen LogP contribution < -0.4 is 4.31 Å². The molecule has 37 heavy (non-hydrogen) atoms. The normalized spacial score (nSPS) is 21.2. The largest absolute Gasteiger partial charge is 0.415 e. The van der Waals surface area contributed by atoms with Crippen LogP contribution in [0.25, 0.3) is 11.5 Å². The SMILES string of the molecule is O=S(=O)(C1CCN(C2CC(O)C2)CC1)N(Cc1ccc(-c2nnc(C(F)F)o2)cc1)c1cccc(Cl)c1. The Hall–Kier alpha value is -2.60. The molecule has 0 spiro atoms. The number of aromatic nitrogens is 2. The molecule has 12 heteroatoms. The highest BCUT2D eigenvalue weighted by Crippen LogP contribution is 2.33. The topological polar surface area (TPSA) is 99.8 Å². The number of piperidine rings is 1. The van der Waals surface area contributed by atoms with Crippen LogP contribution in [0.3, 0.4) is 0 Å². The summed E-state index contributed by atoms with van der Waals surface area (Å²) in [4.78, 5) is 2.28. The fourth-order valence-electron chi connectivity index (χ4n) is 4.89. The first-order valence-corrected chi connectivity index (χ1v) is 14.0. The molecule has 1 aromatic heterocycles. The molecule has 3 aromatic rings. The van der Waals surface area contributed by atoms with Gasteiger partial charge >= 0.3 is 6.43 Å². The molecule has 0 amide bonds. The van der Waals surface area contributed by atoms with Crippen LogP contribution in [-0.4, -0.2) is 59.1 Å². The molecule has 0 atom stereocenters. The van der Waals surface area contributed by atoms with Gasteiger partial charge < -0.3 is 14.4 Å². The zero-order chi connectivity index (χ0) is 26.2. The quantitative estimate of drug-likeness (QED) is 0.434. The summed E-state index contributed by atoms with van der Waals surface area (Å²) in [5.74, 6) is -0.788. The molecule has 1 aliphatic heterocycles. The summed E-state index contributed by atoms with van der Waals surface area (Å²) in [6.07, 6.45) is -0.598. The van der Waals surface area contributed by atoms with Crippen molar-refractivity contribution in [3.05, 3.63) is 65.0 Å². The summed E-state index contributed by atoms with van der Waals surface area (Å²) in [6, 6.07) is 13.8. The fraction of sp³-hybridized carbons (Fsp3) is 0.440. The second-order valence-electron chi connectivity index (χ2n) is 9.49. The van der Waals surface area contributed by atoms with Crippen LogP contribution in [0.2, 0.25) is 5.02 Å². The lowest BCUT2D eigenvalue weighted by Crippen LogP contribution is -2.52. The molecule has 2 heterocycles. The Morgan fingerprint density at radius 1 is 1.11 bits per heavy atom. The van der Waals surface area contributed by atoms with E-state index in [4.69, 9.17) is 16.0 Å². The van der Waals surface area contributed by atoms with E-state index in [0.29, 0.717) is 53.8 Å². The van der Waals surface area contributed by atoms with Crippen LogP contribution in [0.4, 0.5) is 14.5 Å². The average Bonchev–Trinajstić information content (AvgIpc) is 3.37. The van der Waals surface area contributed by atoms with Crippen molar-refractivity contribution in [3.63, 3.8) is 0 Å². The summed E-state index contributed by atoms with van der Waals surface area (Å²) in [6.45, 7) is 1.42. The number of hydrogen-bond donors (Lipinski definition) is 1. The Bertz CT molecular complexity index is 1320. The van der Waals surface area contributed by atoms with Crippen molar-refractivity contribution in [1.29, 1.82) is 0 Å². The maximum atomic E-state index is 13.9. The summed E-state index contributed by atoms with van der Waals surface area (Å²) in [7, 11) is -3.73. The van der Waals surface area contributed by atoms with Crippen LogP contribution in [0, 0.1) is 0 Å². The maximum absolute atomic E-state index is 13.9. The Kier molecular flexibility index (Phi) is 7.49. The Morgan fingerprint density at radius 3 is 2.41 bits per heavy atom. The van der Waals surface area contributed by atoms with E-state index in [9.17, 15) is 22.3 Å². The number of alkyl halides is 2. The number of anilines is 1. The van der Waals surface area contributed by atoms with Gasteiger partial charge in [0, 0.05) is 16.6 Å². The Balaban J connectivity index is 1.35. The molecular formula is C25H27ClF2N4O4S. The molecule has 2 aromatic carbocycles. The van der Waals surface area contributed by atoms with Gasteiger partial charge in [-0.2, -0.15) is 8.78 Å². The predicted octanol–water partition coefficient (Wildman–Crippen LogP) is 4.65. The molecule has 8 nitrogen and oxygen atoms in total. The van der Waals surface area contributed by atoms with Crippen molar-refractivity contribution < 1.29 is 26.7 Å². The minimum absolute atomic E-state index is 0.0353. The smallest absolute Gasteiger partial charge is 0.314 e. The van der Waals surface area contributed by atoms with Crippen LogP contribution in [0.15, 0.2) is 52.9 Å². The maximum Gasteiger partial charge on any atom is 0.314 e. The Labute approximate surface area is 218 Å². The molecule has 0 bridgehead atoms. The lowest BCUT2D eigenvalue weighted by Gasteiger charge is -2.44. The van der Waals surface area contributed by atoms with Gasteiger partial charge in [-0.3, -0.25) is 4.31 Å². The lowest BCUT2D eigenvalue weighted by atomic mass is 9.87. The zero-order valence-corrected chi connectivity index (χ0v) is 21.5. The van der Waals surface area contributed by atoms with Crippen molar-refractivity contribution in [3.8, 4) is 11.5 Å². The molecule has 0 radical (unpaired) electrons. The average molecular weight is 553 g/mol. The number of benzene rings is 2. The summed E-state index contributed by atoms with van der Waals surface area (Å²) in [5, 5.41) is 16.5. The van der Waals surface area contributed by atoms with Gasteiger partial charge in [0.2, 0.25) is 15.9 Å². The van der Waals surface area contributed by atoms with Gasteiger partial charge in [0.15, 0.2) is 0 Å². The standard InChI is InChI=1S/C25H27ClF2N4O4S/c26-18-2-1-3-19(12-18)32(37(34,35)22-8-10-31(11-9-22)20-13-21(33)14-20)15-16-4-6-17(7-5-16)24-29-30-25(36-24)23(27)28/h1-7,12,20-23,33H,8-11,13-15H2. The molecule has 1 saturated heterocycles. The third-order valence-corrected chi connectivity index (χ3v) is 9.56. The second-order valence-corrected chi connectivity index (χ2v) is 12.1. The van der Waals surface area contributed by atoms with Crippen molar-refractivity contribution in [1.82, 2.24) is 15.1 Å². The van der Waals surface area contributed by atoms with Gasteiger partial charge in [-0.05, 0) is 74.7 Å². The van der Waals surface area contributed by atoms with Crippen LogP contribution in [0.1, 0.15) is 43.6 Å². The van der Waals surface area contributed by atoms with Crippen molar-refractivity contribution in [2.24, 2.45) is 0 Å². The number of rotatable bonds is 8. The van der Waals surface area contributed by atoms with Crippen LogP contribution in [0.5, 0.6) is 0 Å². The van der Waals surface area contributed by atoms with E-state index in [1.54, 1.807) is 48.5 Å². The van der Waals surface area contributed by atoms with E-state index in [0.717, 1.165) is 12.8 Å². The number of sulfonamides is 1. The minimum atomic E-state index is -3.73. The number of hydrogen-bond acceptors (Lipinski definition) is 7. The zero-order valence-electron chi connectivity index (χ0n) is 19.9. The molecule has 1 saturated carbocycles. The third-order valence-electron chi connectivity index (χ3n) is 7.06. The van der Waals surface area contributed by atoms with E-state index in [-0.39, 0.29) is 18.5 Å². The molecule has 198 valence electrons. The minimum Gasteiger partial charge on any atom is -0.415 e. The summed E-state index contributed by atoms with van der Waals surface area (Å²) < 4.78 is 59.7. The van der Waals surface area contributed by atoms with Crippen molar-refractivity contribution in [2.75, 3.05) is 17.4 Å². The highest BCUT2D eigenvalue weighted by Gasteiger charge is 2.39. The number of nitrogens with zero attached hydrogens (tertiary/aromatic N) is 4. The molecule has 5 rings (SSSR count). The Morgan fingerprint density at radius 2 is 1.81 bits per heavy atom. The molecule has 2 fully saturated rings. The van der Waals surface area contributed by atoms with Gasteiger partial charge in [0.25, 0.3) is 5.89 Å².